The summed E-state index contributed by atoms with van der Waals surface area (Å²) in [5.74, 6) is 0. The Balaban J connectivity index is 1.34. The predicted octanol–water partition coefficient (Wildman–Crippen LogP) is 16.0. The lowest BCUT2D eigenvalue weighted by atomic mass is 9.76. The van der Waals surface area contributed by atoms with E-state index in [0.29, 0.717) is 30.6 Å². The van der Waals surface area contributed by atoms with Crippen molar-refractivity contribution in [3.05, 3.63) is 178 Å². The van der Waals surface area contributed by atoms with Crippen LogP contribution in [0.3, 0.4) is 0 Å². The van der Waals surface area contributed by atoms with E-state index in [2.05, 4.69) is 87.7 Å². The summed E-state index contributed by atoms with van der Waals surface area (Å²) in [6.07, 6.45) is -6.87. The van der Waals surface area contributed by atoms with Gasteiger partial charge in [0.15, 0.2) is 0 Å². The van der Waals surface area contributed by atoms with Crippen LogP contribution in [-0.4, -0.2) is 0 Å². The van der Waals surface area contributed by atoms with Crippen LogP contribution in [0.25, 0.3) is 11.1 Å². The normalized spacial score (nSPS) is 14.6. The van der Waals surface area contributed by atoms with E-state index in [0.717, 1.165) is 80.1 Å². The highest BCUT2D eigenvalue weighted by molar-refractivity contribution is 5.82. The Labute approximate surface area is 350 Å². The number of aryl methyl sites for hydroxylation is 2. The minimum absolute atomic E-state index is 0.440. The number of fused-ring (bicyclic) bond motifs is 3. The van der Waals surface area contributed by atoms with E-state index >= 15 is 0 Å². The summed E-state index contributed by atoms with van der Waals surface area (Å²) in [6, 6.07) is 40.4. The summed E-state index contributed by atoms with van der Waals surface area (Å²) >= 11 is 0. The van der Waals surface area contributed by atoms with Crippen molar-refractivity contribution in [3.63, 3.8) is 0 Å². The van der Waals surface area contributed by atoms with Gasteiger partial charge in [-0.2, -0.15) is 26.3 Å². The van der Waals surface area contributed by atoms with Crippen LogP contribution in [-0.2, 0) is 28.8 Å². The third kappa shape index (κ3) is 7.36. The highest BCUT2D eigenvalue weighted by Gasteiger charge is 2.43. The maximum absolute atomic E-state index is 13.7. The molecule has 0 saturated carbocycles. The first kappa shape index (κ1) is 42.6. The second kappa shape index (κ2) is 15.5. The first-order chi connectivity index (χ1) is 28.3. The zero-order chi connectivity index (χ0) is 43.4. The fourth-order valence-corrected chi connectivity index (χ4v) is 9.31. The summed E-state index contributed by atoms with van der Waals surface area (Å²) < 4.78 is 82.4. The lowest BCUT2D eigenvalue weighted by molar-refractivity contribution is -0.138. The van der Waals surface area contributed by atoms with Crippen molar-refractivity contribution >= 4 is 22.7 Å². The lowest BCUT2D eigenvalue weighted by Gasteiger charge is -2.46. The summed E-state index contributed by atoms with van der Waals surface area (Å²) in [7, 11) is 0. The molecule has 0 radical (unpaired) electrons. The Kier molecular flexibility index (Phi) is 11.0. The van der Waals surface area contributed by atoms with Crippen LogP contribution >= 0.6 is 0 Å². The predicted molar refractivity (Wildman–Crippen MR) is 233 cm³/mol. The minimum atomic E-state index is -4.45. The quantitative estimate of drug-likeness (QED) is 0.120. The monoisotopic (exact) mass is 818 g/mol. The van der Waals surface area contributed by atoms with E-state index in [1.807, 2.05) is 62.4 Å². The van der Waals surface area contributed by atoms with Crippen LogP contribution in [0.5, 0.6) is 0 Å². The van der Waals surface area contributed by atoms with Crippen molar-refractivity contribution in [1.82, 2.24) is 0 Å². The SMILES string of the molecule is CCC(C)(c1ccc2c(c1)C(C)(C)c1cc(C(CC)(CC)N(c3ccc(C)cc3)c3ccc(C(F)(F)F)cc3)ccc1-2)N(c1ccc(C)cc1)c1ccc(C(F)(F)F)cc1. The number of benzene rings is 6. The molecule has 0 N–H and O–H groups in total. The zero-order valence-electron chi connectivity index (χ0n) is 35.5. The van der Waals surface area contributed by atoms with Gasteiger partial charge in [-0.15, -0.1) is 0 Å². The molecular formula is C52H52F6N2. The van der Waals surface area contributed by atoms with Crippen LogP contribution < -0.4 is 9.80 Å². The molecule has 1 aliphatic rings. The molecule has 0 fully saturated rings. The van der Waals surface area contributed by atoms with E-state index in [1.165, 1.54) is 0 Å². The standard InChI is InChI=1S/C52H52F6N2/c1-9-49(8,59(40-22-12-34(4)13-23-40)41-26-16-36(17-27-41)51(53,54)55)38-20-30-44-45-31-21-39(33-47(45)48(6,7)46(44)32-38)50(10-2,11-3)60(42-24-14-35(5)15-25-42)43-28-18-37(19-29-43)52(56,57)58/h12-33H,9-11H2,1-8H3. The van der Waals surface area contributed by atoms with Crippen LogP contribution in [0, 0.1) is 13.8 Å². The molecule has 0 bridgehead atoms. The highest BCUT2D eigenvalue weighted by atomic mass is 19.4. The minimum Gasteiger partial charge on any atom is -0.331 e. The molecular weight excluding hydrogens is 767 g/mol. The van der Waals surface area contributed by atoms with Gasteiger partial charge in [0.05, 0.1) is 22.2 Å². The van der Waals surface area contributed by atoms with E-state index in [4.69, 9.17) is 0 Å². The van der Waals surface area contributed by atoms with Crippen LogP contribution in [0.15, 0.2) is 133 Å². The molecule has 6 aromatic carbocycles. The molecule has 0 saturated heterocycles. The van der Waals surface area contributed by atoms with Crippen LogP contribution in [0.2, 0.25) is 0 Å². The van der Waals surface area contributed by atoms with Gasteiger partial charge in [-0.05, 0) is 146 Å². The molecule has 2 nitrogen and oxygen atoms in total. The van der Waals surface area contributed by atoms with Gasteiger partial charge in [-0.25, -0.2) is 0 Å². The number of nitrogens with zero attached hydrogens (tertiary/aromatic N) is 2. The molecule has 0 amide bonds. The molecule has 0 heterocycles. The number of halogens is 6. The Morgan fingerprint density at radius 3 is 1.13 bits per heavy atom. The Bertz CT molecular complexity index is 2460. The van der Waals surface area contributed by atoms with Crippen molar-refractivity contribution in [1.29, 1.82) is 0 Å². The molecule has 60 heavy (non-hydrogen) atoms. The number of anilines is 4. The van der Waals surface area contributed by atoms with Crippen LogP contribution in [0.1, 0.15) is 105 Å². The molecule has 6 aromatic rings. The smallest absolute Gasteiger partial charge is 0.331 e. The third-order valence-electron chi connectivity index (χ3n) is 13.1. The van der Waals surface area contributed by atoms with Crippen LogP contribution in [0.4, 0.5) is 49.1 Å². The Morgan fingerprint density at radius 2 is 0.767 bits per heavy atom. The van der Waals surface area contributed by atoms with Crippen molar-refractivity contribution < 1.29 is 26.3 Å². The average Bonchev–Trinajstić information content (AvgIpc) is 3.45. The van der Waals surface area contributed by atoms with Gasteiger partial charge in [-0.1, -0.05) is 106 Å². The van der Waals surface area contributed by atoms with Gasteiger partial charge in [0.2, 0.25) is 0 Å². The van der Waals surface area contributed by atoms with Crippen molar-refractivity contribution in [3.8, 4) is 11.1 Å². The van der Waals surface area contributed by atoms with E-state index < -0.39 is 40.0 Å². The van der Waals surface area contributed by atoms with Gasteiger partial charge in [0, 0.05) is 28.2 Å². The molecule has 0 spiro atoms. The lowest BCUT2D eigenvalue weighted by Crippen LogP contribution is -2.43. The largest absolute Gasteiger partial charge is 0.416 e. The van der Waals surface area contributed by atoms with Gasteiger partial charge < -0.3 is 9.80 Å². The van der Waals surface area contributed by atoms with E-state index in [-0.39, 0.29) is 0 Å². The van der Waals surface area contributed by atoms with Gasteiger partial charge in [0.25, 0.3) is 0 Å². The van der Waals surface area contributed by atoms with Gasteiger partial charge in [0.1, 0.15) is 0 Å². The second-order valence-corrected chi connectivity index (χ2v) is 16.9. The first-order valence-electron chi connectivity index (χ1n) is 20.7. The maximum atomic E-state index is 13.7. The number of hydrogen-bond donors (Lipinski definition) is 0. The number of hydrogen-bond acceptors (Lipinski definition) is 2. The van der Waals surface area contributed by atoms with Gasteiger partial charge >= 0.3 is 12.4 Å². The topological polar surface area (TPSA) is 6.48 Å². The fourth-order valence-electron chi connectivity index (χ4n) is 9.31. The van der Waals surface area contributed by atoms with E-state index in [1.54, 1.807) is 24.3 Å². The fraction of sp³-hybridized carbons (Fsp3) is 0.308. The summed E-state index contributed by atoms with van der Waals surface area (Å²) in [5, 5.41) is 0. The Hall–Kier alpha value is -5.50. The molecule has 312 valence electrons. The van der Waals surface area contributed by atoms with Crippen molar-refractivity contribution in [2.45, 2.75) is 103 Å². The van der Waals surface area contributed by atoms with Crippen molar-refractivity contribution in [2.75, 3.05) is 9.80 Å². The zero-order valence-corrected chi connectivity index (χ0v) is 35.5. The Morgan fingerprint density at radius 1 is 0.433 bits per heavy atom. The molecule has 7 rings (SSSR count). The molecule has 0 aliphatic heterocycles. The molecule has 8 heteroatoms. The first-order valence-corrected chi connectivity index (χ1v) is 20.7. The summed E-state index contributed by atoms with van der Waals surface area (Å²) in [6.45, 7) is 17.0. The molecule has 1 unspecified atom stereocenters. The molecule has 1 atom stereocenters. The van der Waals surface area contributed by atoms with E-state index in [9.17, 15) is 26.3 Å². The van der Waals surface area contributed by atoms with Crippen molar-refractivity contribution in [2.24, 2.45) is 0 Å². The molecule has 0 aromatic heterocycles. The number of alkyl halides is 6. The molecule has 1 aliphatic carbocycles. The van der Waals surface area contributed by atoms with Gasteiger partial charge in [-0.3, -0.25) is 0 Å². The summed E-state index contributed by atoms with van der Waals surface area (Å²) in [4.78, 5) is 4.36. The average molecular weight is 819 g/mol. The number of rotatable bonds is 11. The highest BCUT2D eigenvalue weighted by Crippen LogP contribution is 2.54. The third-order valence-corrected chi connectivity index (χ3v) is 13.1. The second-order valence-electron chi connectivity index (χ2n) is 16.9. The maximum Gasteiger partial charge on any atom is 0.416 e. The summed E-state index contributed by atoms with van der Waals surface area (Å²) in [5.41, 5.74) is 8.83.